The predicted octanol–water partition coefficient (Wildman–Crippen LogP) is 5.20. The molecule has 2 aromatic carbocycles. The van der Waals surface area contributed by atoms with Crippen molar-refractivity contribution in [2.45, 2.75) is 25.3 Å². The van der Waals surface area contributed by atoms with E-state index in [1.165, 1.54) is 11.1 Å². The molecule has 3 nitrogen and oxygen atoms in total. The van der Waals surface area contributed by atoms with Gasteiger partial charge < -0.3 is 5.11 Å². The van der Waals surface area contributed by atoms with Crippen molar-refractivity contribution in [3.63, 3.8) is 0 Å². The zero-order valence-electron chi connectivity index (χ0n) is 13.4. The molecule has 2 aliphatic rings. The van der Waals surface area contributed by atoms with Crippen molar-refractivity contribution in [2.24, 2.45) is 0 Å². The van der Waals surface area contributed by atoms with E-state index in [0.29, 0.717) is 0 Å². The summed E-state index contributed by atoms with van der Waals surface area (Å²) in [5.74, 6) is 0. The van der Waals surface area contributed by atoms with Crippen molar-refractivity contribution >= 4 is 23.9 Å². The van der Waals surface area contributed by atoms with Crippen LogP contribution < -0.4 is 4.90 Å². The fraction of sp³-hybridized carbons (Fsp3) is 0.190. The summed E-state index contributed by atoms with van der Waals surface area (Å²) in [5.41, 5.74) is 5.27. The summed E-state index contributed by atoms with van der Waals surface area (Å²) >= 11 is 0. The second-order valence-corrected chi connectivity index (χ2v) is 6.32. The molecule has 1 atom stereocenters. The minimum Gasteiger partial charge on any atom is -0.465 e. The average molecular weight is 317 g/mol. The Morgan fingerprint density at radius 2 is 1.79 bits per heavy atom. The first-order chi connectivity index (χ1) is 11.7. The Kier molecular flexibility index (Phi) is 3.69. The number of hydrogen-bond acceptors (Lipinski definition) is 1. The number of anilines is 1. The molecule has 1 aliphatic carbocycles. The van der Waals surface area contributed by atoms with E-state index in [0.717, 1.165) is 36.1 Å². The molecule has 0 saturated heterocycles. The van der Waals surface area contributed by atoms with E-state index in [1.807, 2.05) is 42.5 Å². The third-order valence-corrected chi connectivity index (χ3v) is 4.79. The number of carboxylic acid groups (broad SMARTS) is 1. The third kappa shape index (κ3) is 2.52. The van der Waals surface area contributed by atoms with Crippen LogP contribution in [-0.4, -0.2) is 17.2 Å². The summed E-state index contributed by atoms with van der Waals surface area (Å²) in [6.07, 6.45) is 6.40. The molecule has 120 valence electrons. The summed E-state index contributed by atoms with van der Waals surface area (Å²) in [6, 6.07) is 17.7. The fourth-order valence-corrected chi connectivity index (χ4v) is 3.79. The first kappa shape index (κ1) is 14.8. The largest absolute Gasteiger partial charge is 0.465 e. The summed E-state index contributed by atoms with van der Waals surface area (Å²) in [6.45, 7) is 0. The van der Waals surface area contributed by atoms with Crippen LogP contribution in [0.2, 0.25) is 0 Å². The lowest BCUT2D eigenvalue weighted by molar-refractivity contribution is 0.200. The van der Waals surface area contributed by atoms with Gasteiger partial charge in [-0.05, 0) is 47.6 Å². The summed E-state index contributed by atoms with van der Waals surface area (Å²) in [7, 11) is 0. The molecule has 1 heterocycles. The lowest BCUT2D eigenvalue weighted by Crippen LogP contribution is -2.45. The van der Waals surface area contributed by atoms with E-state index < -0.39 is 6.09 Å². The number of para-hydroxylation sites is 1. The molecule has 1 saturated carbocycles. The lowest BCUT2D eigenvalue weighted by atomic mass is 9.80. The van der Waals surface area contributed by atoms with E-state index in [-0.39, 0.29) is 6.04 Å². The van der Waals surface area contributed by atoms with E-state index in [9.17, 15) is 9.90 Å². The number of fused-ring (bicyclic) bond motifs is 2. The van der Waals surface area contributed by atoms with E-state index in [1.54, 1.807) is 4.90 Å². The topological polar surface area (TPSA) is 40.5 Å². The van der Waals surface area contributed by atoms with Crippen LogP contribution in [0.4, 0.5) is 10.5 Å². The van der Waals surface area contributed by atoms with Crippen LogP contribution in [0.1, 0.15) is 30.4 Å². The molecule has 2 aromatic rings. The van der Waals surface area contributed by atoms with Gasteiger partial charge in [0, 0.05) is 0 Å². The maximum Gasteiger partial charge on any atom is 0.412 e. The van der Waals surface area contributed by atoms with E-state index in [2.05, 4.69) is 24.3 Å². The van der Waals surface area contributed by atoms with Crippen molar-refractivity contribution < 1.29 is 9.90 Å². The predicted molar refractivity (Wildman–Crippen MR) is 97.0 cm³/mol. The van der Waals surface area contributed by atoms with Crippen LogP contribution in [0.15, 0.2) is 65.7 Å². The van der Waals surface area contributed by atoms with Crippen molar-refractivity contribution in [2.75, 3.05) is 4.90 Å². The Hall–Kier alpha value is -2.81. The molecule has 4 rings (SSSR count). The zero-order valence-corrected chi connectivity index (χ0v) is 13.4. The van der Waals surface area contributed by atoms with Gasteiger partial charge in [0.15, 0.2) is 0 Å². The number of rotatable bonds is 1. The van der Waals surface area contributed by atoms with Crippen LogP contribution in [0.3, 0.4) is 0 Å². The quantitative estimate of drug-likeness (QED) is 0.785. The monoisotopic (exact) mass is 317 g/mol. The van der Waals surface area contributed by atoms with Gasteiger partial charge in [-0.3, -0.25) is 4.90 Å². The highest BCUT2D eigenvalue weighted by Gasteiger charge is 2.36. The summed E-state index contributed by atoms with van der Waals surface area (Å²) in [4.78, 5) is 13.6. The first-order valence-corrected chi connectivity index (χ1v) is 8.31. The first-order valence-electron chi connectivity index (χ1n) is 8.31. The lowest BCUT2D eigenvalue weighted by Gasteiger charge is -2.40. The SMILES string of the molecule is O=C(O)N1c2ccccc2C=C2CCCC(=Cc3ccccc3)C21. The number of benzene rings is 2. The van der Waals surface area contributed by atoms with Crippen LogP contribution in [0, 0.1) is 0 Å². The molecular weight excluding hydrogens is 298 g/mol. The summed E-state index contributed by atoms with van der Waals surface area (Å²) < 4.78 is 0. The van der Waals surface area contributed by atoms with Gasteiger partial charge in [-0.2, -0.15) is 0 Å². The Labute approximate surface area is 141 Å². The van der Waals surface area contributed by atoms with Gasteiger partial charge in [0.2, 0.25) is 0 Å². The average Bonchev–Trinajstić information content (AvgIpc) is 2.60. The van der Waals surface area contributed by atoms with Gasteiger partial charge >= 0.3 is 6.09 Å². The maximum atomic E-state index is 12.0. The van der Waals surface area contributed by atoms with Crippen molar-refractivity contribution in [3.8, 4) is 0 Å². The summed E-state index contributed by atoms with van der Waals surface area (Å²) in [5, 5.41) is 9.88. The molecule has 0 spiro atoms. The Morgan fingerprint density at radius 3 is 2.58 bits per heavy atom. The molecule has 1 N–H and O–H groups in total. The van der Waals surface area contributed by atoms with E-state index >= 15 is 0 Å². The van der Waals surface area contributed by atoms with Crippen molar-refractivity contribution in [1.29, 1.82) is 0 Å². The standard InChI is InChI=1S/C21H19NO2/c23-21(24)22-19-12-5-4-9-16(19)14-18-11-6-10-17(20(18)22)13-15-7-2-1-3-8-15/h1-5,7-9,12-14,20H,6,10-11H2,(H,23,24). The number of amides is 1. The number of carbonyl (C=O) groups is 1. The minimum atomic E-state index is -0.890. The van der Waals surface area contributed by atoms with Crippen LogP contribution in [0.25, 0.3) is 12.2 Å². The van der Waals surface area contributed by atoms with E-state index in [4.69, 9.17) is 0 Å². The van der Waals surface area contributed by atoms with Gasteiger partial charge in [0.25, 0.3) is 0 Å². The molecule has 24 heavy (non-hydrogen) atoms. The highest BCUT2D eigenvalue weighted by Crippen LogP contribution is 2.42. The van der Waals surface area contributed by atoms with Gasteiger partial charge in [-0.15, -0.1) is 0 Å². The third-order valence-electron chi connectivity index (χ3n) is 4.79. The molecule has 1 amide bonds. The smallest absolute Gasteiger partial charge is 0.412 e. The normalized spacial score (nSPS) is 21.0. The number of nitrogens with zero attached hydrogens (tertiary/aromatic N) is 1. The molecule has 1 fully saturated rings. The van der Waals surface area contributed by atoms with Gasteiger partial charge in [-0.25, -0.2) is 4.79 Å². The molecule has 0 bridgehead atoms. The second kappa shape index (κ2) is 6.00. The molecule has 1 aliphatic heterocycles. The van der Waals surface area contributed by atoms with Crippen LogP contribution >= 0.6 is 0 Å². The van der Waals surface area contributed by atoms with Crippen LogP contribution in [-0.2, 0) is 0 Å². The van der Waals surface area contributed by atoms with Gasteiger partial charge in [0.1, 0.15) is 0 Å². The highest BCUT2D eigenvalue weighted by molar-refractivity contribution is 5.95. The minimum absolute atomic E-state index is 0.175. The Bertz CT molecular complexity index is 836. The maximum absolute atomic E-state index is 12.0. The highest BCUT2D eigenvalue weighted by atomic mass is 16.4. The molecule has 0 aromatic heterocycles. The Balaban J connectivity index is 1.84. The van der Waals surface area contributed by atoms with Crippen molar-refractivity contribution in [3.05, 3.63) is 76.9 Å². The fourth-order valence-electron chi connectivity index (χ4n) is 3.79. The molecule has 3 heteroatoms. The second-order valence-electron chi connectivity index (χ2n) is 6.32. The van der Waals surface area contributed by atoms with Gasteiger partial charge in [0.05, 0.1) is 11.7 Å². The Morgan fingerprint density at radius 1 is 1.04 bits per heavy atom. The van der Waals surface area contributed by atoms with Crippen LogP contribution in [0.5, 0.6) is 0 Å². The van der Waals surface area contributed by atoms with Crippen molar-refractivity contribution in [1.82, 2.24) is 0 Å². The van der Waals surface area contributed by atoms with Gasteiger partial charge in [-0.1, -0.05) is 60.7 Å². The zero-order chi connectivity index (χ0) is 16.5. The molecule has 0 radical (unpaired) electrons. The number of hydrogen-bond donors (Lipinski definition) is 1. The molecular formula is C21H19NO2. The molecule has 1 unspecified atom stereocenters.